The Hall–Kier alpha value is -2.75. The first kappa shape index (κ1) is 12.0. The molecule has 0 radical (unpaired) electrons. The lowest BCUT2D eigenvalue weighted by atomic mass is 10.0. The van der Waals surface area contributed by atoms with Gasteiger partial charge in [0.2, 0.25) is 0 Å². The summed E-state index contributed by atoms with van der Waals surface area (Å²) in [7, 11) is 3.16. The number of benzene rings is 2. The molecule has 0 saturated carbocycles. The van der Waals surface area contributed by atoms with Crippen molar-refractivity contribution in [3.05, 3.63) is 52.9 Å². The Labute approximate surface area is 120 Å². The van der Waals surface area contributed by atoms with E-state index in [1.165, 1.54) is 0 Å². The van der Waals surface area contributed by atoms with E-state index in [0.29, 0.717) is 16.9 Å². The van der Waals surface area contributed by atoms with E-state index in [9.17, 15) is 4.79 Å². The number of methoxy groups -OCH3 is 2. The number of ether oxygens (including phenoxy) is 2. The highest BCUT2D eigenvalue weighted by Crippen LogP contribution is 2.35. The fourth-order valence-corrected chi connectivity index (χ4v) is 2.99. The molecule has 2 aromatic heterocycles. The topological polar surface area (TPSA) is 39.9 Å². The first-order valence-electron chi connectivity index (χ1n) is 6.66. The molecule has 4 aromatic rings. The molecule has 0 saturated heterocycles. The zero-order valence-corrected chi connectivity index (χ0v) is 11.7. The van der Waals surface area contributed by atoms with Gasteiger partial charge in [-0.15, -0.1) is 0 Å². The van der Waals surface area contributed by atoms with Crippen LogP contribution in [0.15, 0.2) is 47.4 Å². The third-order valence-electron chi connectivity index (χ3n) is 3.97. The first-order valence-corrected chi connectivity index (χ1v) is 6.66. The second kappa shape index (κ2) is 4.12. The molecule has 0 bridgehead atoms. The van der Waals surface area contributed by atoms with Crippen molar-refractivity contribution < 1.29 is 9.47 Å². The predicted molar refractivity (Wildman–Crippen MR) is 83.0 cm³/mol. The Morgan fingerprint density at radius 2 is 1.62 bits per heavy atom. The number of nitrogens with zero attached hydrogens (tertiary/aromatic N) is 1. The van der Waals surface area contributed by atoms with E-state index in [4.69, 9.17) is 9.47 Å². The summed E-state index contributed by atoms with van der Waals surface area (Å²) >= 11 is 0. The normalized spacial score (nSPS) is 11.5. The summed E-state index contributed by atoms with van der Waals surface area (Å²) in [6, 6.07) is 11.6. The lowest BCUT2D eigenvalue weighted by molar-refractivity contribution is 0.356. The van der Waals surface area contributed by atoms with Crippen molar-refractivity contribution >= 4 is 27.1 Å². The van der Waals surface area contributed by atoms with Crippen molar-refractivity contribution in [2.75, 3.05) is 14.2 Å². The molecule has 0 fully saturated rings. The highest BCUT2D eigenvalue weighted by atomic mass is 16.5. The summed E-state index contributed by atoms with van der Waals surface area (Å²) in [5.41, 5.74) is 0.905. The molecular weight excluding hydrogens is 266 g/mol. The number of fused-ring (bicyclic) bond motifs is 2. The Bertz CT molecular complexity index is 1030. The van der Waals surface area contributed by atoms with Crippen molar-refractivity contribution in [1.82, 2.24) is 4.40 Å². The monoisotopic (exact) mass is 279 g/mol. The average Bonchev–Trinajstić information content (AvgIpc) is 2.96. The molecule has 21 heavy (non-hydrogen) atoms. The van der Waals surface area contributed by atoms with Gasteiger partial charge < -0.3 is 9.47 Å². The first-order chi connectivity index (χ1) is 10.2. The van der Waals surface area contributed by atoms with Crippen molar-refractivity contribution in [2.24, 2.45) is 0 Å². The Kier molecular flexibility index (Phi) is 2.36. The average molecular weight is 279 g/mol. The summed E-state index contributed by atoms with van der Waals surface area (Å²) in [6.45, 7) is 0. The number of hydrogen-bond donors (Lipinski definition) is 0. The molecule has 0 atom stereocenters. The van der Waals surface area contributed by atoms with Gasteiger partial charge in [-0.05, 0) is 18.2 Å². The van der Waals surface area contributed by atoms with Crippen molar-refractivity contribution in [3.8, 4) is 11.5 Å². The minimum absolute atomic E-state index is 0.0420. The lowest BCUT2D eigenvalue weighted by Gasteiger charge is -2.11. The van der Waals surface area contributed by atoms with E-state index < -0.39 is 0 Å². The molecule has 4 heteroatoms. The maximum Gasteiger partial charge on any atom is 0.263 e. The maximum atomic E-state index is 12.7. The maximum absolute atomic E-state index is 12.7. The van der Waals surface area contributed by atoms with Gasteiger partial charge in [-0.3, -0.25) is 9.20 Å². The third kappa shape index (κ3) is 1.47. The van der Waals surface area contributed by atoms with Crippen LogP contribution in [0, 0.1) is 0 Å². The van der Waals surface area contributed by atoms with Crippen LogP contribution in [-0.2, 0) is 0 Å². The zero-order chi connectivity index (χ0) is 14.6. The predicted octanol–water partition coefficient (Wildman–Crippen LogP) is 3.06. The summed E-state index contributed by atoms with van der Waals surface area (Å²) < 4.78 is 12.4. The van der Waals surface area contributed by atoms with Crippen molar-refractivity contribution in [1.29, 1.82) is 0 Å². The summed E-state index contributed by atoms with van der Waals surface area (Å²) in [4.78, 5) is 12.7. The van der Waals surface area contributed by atoms with E-state index in [1.54, 1.807) is 24.7 Å². The van der Waals surface area contributed by atoms with E-state index in [1.807, 2.05) is 36.5 Å². The molecule has 0 aliphatic carbocycles. The van der Waals surface area contributed by atoms with Gasteiger partial charge in [-0.1, -0.05) is 18.2 Å². The van der Waals surface area contributed by atoms with Crippen LogP contribution in [0.5, 0.6) is 11.5 Å². The number of aromatic nitrogens is 1. The largest absolute Gasteiger partial charge is 0.493 e. The highest BCUT2D eigenvalue weighted by Gasteiger charge is 2.15. The van der Waals surface area contributed by atoms with Crippen LogP contribution >= 0.6 is 0 Å². The second-order valence-corrected chi connectivity index (χ2v) is 4.99. The fraction of sp³-hybridized carbons (Fsp3) is 0.118. The third-order valence-corrected chi connectivity index (χ3v) is 3.97. The molecule has 4 rings (SSSR count). The Balaban J connectivity index is 2.33. The van der Waals surface area contributed by atoms with E-state index in [2.05, 4.69) is 0 Å². The Morgan fingerprint density at radius 1 is 0.905 bits per heavy atom. The fourth-order valence-electron chi connectivity index (χ4n) is 2.99. The van der Waals surface area contributed by atoms with Crippen molar-refractivity contribution in [3.63, 3.8) is 0 Å². The summed E-state index contributed by atoms with van der Waals surface area (Å²) in [5.74, 6) is 1.19. The van der Waals surface area contributed by atoms with E-state index in [-0.39, 0.29) is 5.56 Å². The molecule has 0 aliphatic heterocycles. The number of pyridine rings is 1. The molecule has 0 amide bonds. The van der Waals surface area contributed by atoms with Crippen LogP contribution in [0.1, 0.15) is 0 Å². The molecule has 2 aromatic carbocycles. The van der Waals surface area contributed by atoms with Gasteiger partial charge in [0.05, 0.1) is 25.1 Å². The van der Waals surface area contributed by atoms with Gasteiger partial charge in [-0.2, -0.15) is 0 Å². The standard InChI is InChI=1S/C17H13NO3/c1-20-14-8-12-11-5-3-4-10-6-7-18(16(10)11)17(19)13(12)9-15(14)21-2/h3-9H,1-2H3. The van der Waals surface area contributed by atoms with Gasteiger partial charge >= 0.3 is 0 Å². The summed E-state index contributed by atoms with van der Waals surface area (Å²) in [5, 5.41) is 3.60. The van der Waals surface area contributed by atoms with Gasteiger partial charge in [0, 0.05) is 22.4 Å². The van der Waals surface area contributed by atoms with Crippen LogP contribution in [-0.4, -0.2) is 18.6 Å². The van der Waals surface area contributed by atoms with Crippen LogP contribution in [0.25, 0.3) is 27.1 Å². The van der Waals surface area contributed by atoms with Gasteiger partial charge in [0.1, 0.15) is 0 Å². The Morgan fingerprint density at radius 3 is 2.33 bits per heavy atom. The minimum Gasteiger partial charge on any atom is -0.493 e. The zero-order valence-electron chi connectivity index (χ0n) is 11.7. The molecular formula is C17H13NO3. The number of para-hydroxylation sites is 1. The molecule has 0 unspecified atom stereocenters. The summed E-state index contributed by atoms with van der Waals surface area (Å²) in [6.07, 6.45) is 1.82. The van der Waals surface area contributed by atoms with Gasteiger partial charge in [0.15, 0.2) is 11.5 Å². The quantitative estimate of drug-likeness (QED) is 0.529. The highest BCUT2D eigenvalue weighted by molar-refractivity contribution is 6.12. The molecule has 2 heterocycles. The molecule has 0 aliphatic rings. The van der Waals surface area contributed by atoms with Crippen LogP contribution in [0.3, 0.4) is 0 Å². The number of rotatable bonds is 2. The second-order valence-electron chi connectivity index (χ2n) is 4.99. The smallest absolute Gasteiger partial charge is 0.263 e. The molecule has 104 valence electrons. The molecule has 0 N–H and O–H groups in total. The van der Waals surface area contributed by atoms with E-state index >= 15 is 0 Å². The van der Waals surface area contributed by atoms with Crippen LogP contribution in [0.4, 0.5) is 0 Å². The van der Waals surface area contributed by atoms with Gasteiger partial charge in [-0.25, -0.2) is 0 Å². The van der Waals surface area contributed by atoms with Crippen LogP contribution < -0.4 is 15.0 Å². The van der Waals surface area contributed by atoms with Crippen LogP contribution in [0.2, 0.25) is 0 Å². The molecule has 4 nitrogen and oxygen atoms in total. The molecule has 0 spiro atoms. The van der Waals surface area contributed by atoms with Gasteiger partial charge in [0.25, 0.3) is 5.56 Å². The van der Waals surface area contributed by atoms with E-state index in [0.717, 1.165) is 21.7 Å². The number of hydrogen-bond acceptors (Lipinski definition) is 3. The van der Waals surface area contributed by atoms with Crippen molar-refractivity contribution in [2.45, 2.75) is 0 Å². The minimum atomic E-state index is -0.0420. The lowest BCUT2D eigenvalue weighted by Crippen LogP contribution is -2.12. The SMILES string of the molecule is COc1cc2c(=O)n3ccc4cccc(c2cc1OC)c43.